The summed E-state index contributed by atoms with van der Waals surface area (Å²) in [5, 5.41) is 0.603. The minimum atomic E-state index is -0.0153. The van der Waals surface area contributed by atoms with E-state index in [4.69, 9.17) is 10.5 Å². The molecule has 1 aliphatic rings. The van der Waals surface area contributed by atoms with Crippen molar-refractivity contribution < 1.29 is 4.74 Å². The average molecular weight is 319 g/mol. The van der Waals surface area contributed by atoms with Crippen LogP contribution in [0.1, 0.15) is 17.8 Å². The maximum atomic E-state index is 12.7. The van der Waals surface area contributed by atoms with Crippen LogP contribution in [0, 0.1) is 0 Å². The van der Waals surface area contributed by atoms with Crippen LogP contribution in [-0.2, 0) is 6.54 Å². The number of methoxy groups -OCH3 is 1. The zero-order chi connectivity index (χ0) is 16.7. The first-order valence-electron chi connectivity index (χ1n) is 7.81. The Bertz CT molecular complexity index is 1030. The van der Waals surface area contributed by atoms with E-state index in [-0.39, 0.29) is 5.56 Å². The molecule has 0 amide bonds. The molecule has 2 heterocycles. The van der Waals surface area contributed by atoms with Crippen molar-refractivity contribution in [3.8, 4) is 5.75 Å². The number of nitrogens with zero attached hydrogens (tertiary/aromatic N) is 2. The van der Waals surface area contributed by atoms with Crippen LogP contribution in [0.2, 0.25) is 0 Å². The van der Waals surface area contributed by atoms with Gasteiger partial charge in [0.25, 0.3) is 5.56 Å². The first kappa shape index (κ1) is 14.5. The van der Waals surface area contributed by atoms with Crippen molar-refractivity contribution in [1.82, 2.24) is 9.55 Å². The molecule has 2 N–H and O–H groups in total. The summed E-state index contributed by atoms with van der Waals surface area (Å²) in [4.78, 5) is 17.4. The summed E-state index contributed by atoms with van der Waals surface area (Å²) < 4.78 is 7.14. The van der Waals surface area contributed by atoms with Gasteiger partial charge in [-0.25, -0.2) is 4.98 Å². The van der Waals surface area contributed by atoms with E-state index in [2.05, 4.69) is 4.98 Å². The molecule has 120 valence electrons. The van der Waals surface area contributed by atoms with Gasteiger partial charge in [-0.1, -0.05) is 18.2 Å². The summed E-state index contributed by atoms with van der Waals surface area (Å²) >= 11 is 0. The van der Waals surface area contributed by atoms with Crippen LogP contribution in [-0.4, -0.2) is 16.7 Å². The van der Waals surface area contributed by atoms with E-state index in [0.29, 0.717) is 29.0 Å². The van der Waals surface area contributed by atoms with Gasteiger partial charge in [0.05, 0.1) is 18.0 Å². The SMILES string of the molecule is COc1ccccc1C=C1CCn2c1nc1cc(N)ccc1c2=O. The van der Waals surface area contributed by atoms with Gasteiger partial charge in [-0.3, -0.25) is 9.36 Å². The molecule has 2 aromatic carbocycles. The number of fused-ring (bicyclic) bond motifs is 2. The van der Waals surface area contributed by atoms with Crippen LogP contribution >= 0.6 is 0 Å². The number of nitrogen functional groups attached to an aromatic ring is 1. The fraction of sp³-hybridized carbons (Fsp3) is 0.158. The highest BCUT2D eigenvalue weighted by molar-refractivity contribution is 5.86. The summed E-state index contributed by atoms with van der Waals surface area (Å²) in [6.07, 6.45) is 2.81. The Hall–Kier alpha value is -3.08. The Kier molecular flexibility index (Phi) is 3.34. The van der Waals surface area contributed by atoms with Gasteiger partial charge in [0.15, 0.2) is 0 Å². The molecule has 0 atom stereocenters. The number of hydrogen-bond donors (Lipinski definition) is 1. The predicted octanol–water partition coefficient (Wildman–Crippen LogP) is 2.93. The summed E-state index contributed by atoms with van der Waals surface area (Å²) in [6, 6.07) is 13.0. The number of ether oxygens (including phenoxy) is 1. The van der Waals surface area contributed by atoms with Gasteiger partial charge in [0.1, 0.15) is 11.6 Å². The molecular weight excluding hydrogens is 302 g/mol. The molecule has 0 saturated heterocycles. The second kappa shape index (κ2) is 5.53. The molecule has 24 heavy (non-hydrogen) atoms. The lowest BCUT2D eigenvalue weighted by atomic mass is 10.1. The molecule has 0 fully saturated rings. The molecular formula is C19H17N3O2. The number of allylic oxidation sites excluding steroid dienone is 1. The third-order valence-electron chi connectivity index (χ3n) is 4.34. The van der Waals surface area contributed by atoms with Crippen molar-refractivity contribution >= 4 is 28.2 Å². The van der Waals surface area contributed by atoms with Crippen LogP contribution < -0.4 is 16.0 Å². The van der Waals surface area contributed by atoms with Crippen molar-refractivity contribution in [3.05, 3.63) is 64.2 Å². The number of anilines is 1. The van der Waals surface area contributed by atoms with Crippen molar-refractivity contribution in [3.63, 3.8) is 0 Å². The highest BCUT2D eigenvalue weighted by atomic mass is 16.5. The number of benzene rings is 2. The second-order valence-electron chi connectivity index (χ2n) is 5.83. The van der Waals surface area contributed by atoms with Gasteiger partial charge < -0.3 is 10.5 Å². The van der Waals surface area contributed by atoms with Crippen LogP contribution in [0.5, 0.6) is 5.75 Å². The van der Waals surface area contributed by atoms with Gasteiger partial charge in [0.2, 0.25) is 0 Å². The van der Waals surface area contributed by atoms with Crippen LogP contribution in [0.3, 0.4) is 0 Å². The Morgan fingerprint density at radius 1 is 1.25 bits per heavy atom. The van der Waals surface area contributed by atoms with Crippen molar-refractivity contribution in [2.24, 2.45) is 0 Å². The Balaban J connectivity index is 1.91. The van der Waals surface area contributed by atoms with Gasteiger partial charge in [-0.15, -0.1) is 0 Å². The molecule has 0 saturated carbocycles. The van der Waals surface area contributed by atoms with E-state index < -0.39 is 0 Å². The van der Waals surface area contributed by atoms with E-state index >= 15 is 0 Å². The van der Waals surface area contributed by atoms with Crippen molar-refractivity contribution in [2.75, 3.05) is 12.8 Å². The smallest absolute Gasteiger partial charge is 0.261 e. The zero-order valence-electron chi connectivity index (χ0n) is 13.3. The fourth-order valence-corrected chi connectivity index (χ4v) is 3.14. The van der Waals surface area contributed by atoms with Gasteiger partial charge in [-0.05, 0) is 42.3 Å². The van der Waals surface area contributed by atoms with Crippen molar-refractivity contribution in [1.29, 1.82) is 0 Å². The number of rotatable bonds is 2. The third kappa shape index (κ3) is 2.25. The second-order valence-corrected chi connectivity index (χ2v) is 5.83. The number of para-hydroxylation sites is 1. The molecule has 0 spiro atoms. The van der Waals surface area contributed by atoms with Crippen LogP contribution in [0.15, 0.2) is 47.3 Å². The Labute approximate surface area is 139 Å². The minimum absolute atomic E-state index is 0.0153. The molecule has 5 heteroatoms. The molecule has 0 bridgehead atoms. The normalized spacial score (nSPS) is 15.0. The van der Waals surface area contributed by atoms with E-state index in [1.54, 1.807) is 29.9 Å². The standard InChI is InChI=1S/C19H17N3O2/c1-24-17-5-3-2-4-12(17)10-13-8-9-22-18(13)21-16-11-14(20)6-7-15(16)19(22)23/h2-7,10-11H,8-9,20H2,1H3. The van der Waals surface area contributed by atoms with E-state index in [1.165, 1.54) is 0 Å². The van der Waals surface area contributed by atoms with Crippen LogP contribution in [0.25, 0.3) is 22.6 Å². The zero-order valence-corrected chi connectivity index (χ0v) is 13.3. The molecule has 0 radical (unpaired) electrons. The lowest BCUT2D eigenvalue weighted by Crippen LogP contribution is -2.20. The monoisotopic (exact) mass is 319 g/mol. The third-order valence-corrected chi connectivity index (χ3v) is 4.34. The molecule has 0 aliphatic carbocycles. The molecule has 1 aromatic heterocycles. The summed E-state index contributed by atoms with van der Waals surface area (Å²) in [7, 11) is 1.65. The summed E-state index contributed by atoms with van der Waals surface area (Å²) in [5.41, 5.74) is 9.07. The summed E-state index contributed by atoms with van der Waals surface area (Å²) in [5.74, 6) is 1.51. The van der Waals surface area contributed by atoms with E-state index in [0.717, 1.165) is 23.3 Å². The highest BCUT2D eigenvalue weighted by Crippen LogP contribution is 2.30. The first-order chi connectivity index (χ1) is 11.7. The molecule has 3 aromatic rings. The summed E-state index contributed by atoms with van der Waals surface area (Å²) in [6.45, 7) is 0.641. The van der Waals surface area contributed by atoms with Gasteiger partial charge in [-0.2, -0.15) is 0 Å². The predicted molar refractivity (Wildman–Crippen MR) is 95.9 cm³/mol. The minimum Gasteiger partial charge on any atom is -0.496 e. The average Bonchev–Trinajstić information content (AvgIpc) is 2.98. The number of hydrogen-bond acceptors (Lipinski definition) is 4. The maximum absolute atomic E-state index is 12.7. The van der Waals surface area contributed by atoms with E-state index in [9.17, 15) is 4.79 Å². The number of aromatic nitrogens is 2. The molecule has 0 unspecified atom stereocenters. The van der Waals surface area contributed by atoms with Gasteiger partial charge >= 0.3 is 0 Å². The molecule has 5 nitrogen and oxygen atoms in total. The highest BCUT2D eigenvalue weighted by Gasteiger charge is 2.21. The van der Waals surface area contributed by atoms with E-state index in [1.807, 2.05) is 30.3 Å². The largest absolute Gasteiger partial charge is 0.496 e. The van der Waals surface area contributed by atoms with Crippen LogP contribution in [0.4, 0.5) is 5.69 Å². The van der Waals surface area contributed by atoms with Crippen molar-refractivity contribution in [2.45, 2.75) is 13.0 Å². The molecule has 1 aliphatic heterocycles. The Morgan fingerprint density at radius 3 is 2.92 bits per heavy atom. The number of nitrogens with two attached hydrogens (primary N) is 1. The molecule has 4 rings (SSSR count). The maximum Gasteiger partial charge on any atom is 0.261 e. The first-order valence-corrected chi connectivity index (χ1v) is 7.81. The fourth-order valence-electron chi connectivity index (χ4n) is 3.14. The van der Waals surface area contributed by atoms with Gasteiger partial charge in [0, 0.05) is 17.8 Å². The quantitative estimate of drug-likeness (QED) is 0.737. The topological polar surface area (TPSA) is 70.1 Å². The lowest BCUT2D eigenvalue weighted by molar-refractivity contribution is 0.414. The lowest BCUT2D eigenvalue weighted by Gasteiger charge is -2.07. The Morgan fingerprint density at radius 2 is 2.08 bits per heavy atom.